The Morgan fingerprint density at radius 3 is 2.54 bits per heavy atom. The Kier molecular flexibility index (Phi) is 6.61. The maximum atomic E-state index is 13.2. The molecule has 0 radical (unpaired) electrons. The second-order valence-electron chi connectivity index (χ2n) is 6.80. The van der Waals surface area contributed by atoms with Crippen molar-refractivity contribution in [3.05, 3.63) is 52.1 Å². The van der Waals surface area contributed by atoms with E-state index < -0.39 is 5.82 Å². The molecule has 1 aliphatic carbocycles. The molecule has 1 saturated heterocycles. The third-order valence-corrected chi connectivity index (χ3v) is 5.54. The minimum atomic E-state index is -0.485. The zero-order chi connectivity index (χ0) is 20.3. The van der Waals surface area contributed by atoms with Crippen molar-refractivity contribution >= 4 is 45.0 Å². The second kappa shape index (κ2) is 8.96. The minimum Gasteiger partial charge on any atom is -0.353 e. The van der Waals surface area contributed by atoms with Crippen LogP contribution in [0, 0.1) is 17.1 Å². The van der Waals surface area contributed by atoms with Crippen molar-refractivity contribution in [2.24, 2.45) is 5.92 Å². The molecular weight excluding hydrogens is 449 g/mol. The smallest absolute Gasteiger partial charge is 0.225 e. The molecule has 2 fully saturated rings. The molecule has 0 unspecified atom stereocenters. The van der Waals surface area contributed by atoms with Gasteiger partial charge in [0, 0.05) is 44.0 Å². The molecule has 9 heteroatoms. The number of amides is 1. The quantitative estimate of drug-likeness (QED) is 0.438. The number of hydrogen-bond acceptors (Lipinski definition) is 4. The first-order chi connectivity index (χ1) is 13.3. The summed E-state index contributed by atoms with van der Waals surface area (Å²) in [6, 6.07) is 4.29. The zero-order valence-electron chi connectivity index (χ0n) is 15.3. The highest BCUT2D eigenvalue weighted by atomic mass is 79.9. The lowest BCUT2D eigenvalue weighted by Gasteiger charge is -2.36. The third-order valence-electron chi connectivity index (χ3n) is 4.65. The number of nitrogens with one attached hydrogen (secondary N) is 3. The van der Waals surface area contributed by atoms with Crippen molar-refractivity contribution in [3.63, 3.8) is 0 Å². The van der Waals surface area contributed by atoms with Crippen molar-refractivity contribution < 1.29 is 9.18 Å². The Hall–Kier alpha value is -2.06. The molecule has 1 heterocycles. The van der Waals surface area contributed by atoms with Gasteiger partial charge in [-0.15, -0.1) is 0 Å². The Bertz CT molecular complexity index is 819. The van der Waals surface area contributed by atoms with Crippen LogP contribution in [0.1, 0.15) is 12.8 Å². The van der Waals surface area contributed by atoms with Gasteiger partial charge in [0.05, 0.1) is 15.3 Å². The van der Waals surface area contributed by atoms with Gasteiger partial charge in [0.1, 0.15) is 11.7 Å². The number of halogens is 3. The van der Waals surface area contributed by atoms with E-state index in [9.17, 15) is 9.18 Å². The van der Waals surface area contributed by atoms with Crippen LogP contribution in [0.3, 0.4) is 0 Å². The van der Waals surface area contributed by atoms with Crippen LogP contribution in [0.4, 0.5) is 10.1 Å². The number of rotatable bonds is 6. The van der Waals surface area contributed by atoms with Gasteiger partial charge >= 0.3 is 0 Å². The lowest BCUT2D eigenvalue weighted by atomic mass is 10.2. The van der Waals surface area contributed by atoms with Crippen molar-refractivity contribution in [2.45, 2.75) is 12.8 Å². The van der Waals surface area contributed by atoms with Gasteiger partial charge in [-0.05, 0) is 47.0 Å². The molecular formula is C19H22BrClFN5O. The Balaban J connectivity index is 1.47. The van der Waals surface area contributed by atoms with Crippen LogP contribution >= 0.6 is 27.5 Å². The summed E-state index contributed by atoms with van der Waals surface area (Å²) in [5.41, 5.74) is 0.597. The molecule has 1 amide bonds. The predicted octanol–water partition coefficient (Wildman–Crippen LogP) is 3.72. The molecule has 1 aromatic carbocycles. The highest BCUT2D eigenvalue weighted by Crippen LogP contribution is 2.31. The predicted molar refractivity (Wildman–Crippen MR) is 113 cm³/mol. The van der Waals surface area contributed by atoms with Crippen molar-refractivity contribution in [3.8, 4) is 0 Å². The number of carbonyl (C=O) groups is 1. The fourth-order valence-corrected chi connectivity index (χ4v) is 3.44. The molecule has 28 heavy (non-hydrogen) atoms. The summed E-state index contributed by atoms with van der Waals surface area (Å²) < 4.78 is 13.8. The molecule has 6 nitrogen and oxygen atoms in total. The highest BCUT2D eigenvalue weighted by Gasteiger charge is 2.34. The van der Waals surface area contributed by atoms with Crippen molar-refractivity contribution in [2.75, 3.05) is 31.5 Å². The summed E-state index contributed by atoms with van der Waals surface area (Å²) in [5.74, 6) is 0.791. The molecule has 3 rings (SSSR count). The lowest BCUT2D eigenvalue weighted by Crippen LogP contribution is -2.51. The Morgan fingerprint density at radius 1 is 1.29 bits per heavy atom. The van der Waals surface area contributed by atoms with E-state index in [1.54, 1.807) is 12.3 Å². The fourth-order valence-electron chi connectivity index (χ4n) is 2.89. The second-order valence-corrected chi connectivity index (χ2v) is 8.07. The van der Waals surface area contributed by atoms with Crippen LogP contribution in [-0.4, -0.2) is 47.7 Å². The van der Waals surface area contributed by atoms with Crippen LogP contribution in [0.5, 0.6) is 0 Å². The molecule has 2 aliphatic rings. The number of piperazine rings is 1. The summed E-state index contributed by atoms with van der Waals surface area (Å²) in [4.78, 5) is 15.9. The van der Waals surface area contributed by atoms with Gasteiger partial charge in [-0.2, -0.15) is 0 Å². The van der Waals surface area contributed by atoms with Crippen LogP contribution in [0.2, 0.25) is 5.02 Å². The average molecular weight is 471 g/mol. The molecule has 0 atom stereocenters. The molecule has 1 aliphatic heterocycles. The van der Waals surface area contributed by atoms with Gasteiger partial charge in [-0.3, -0.25) is 10.2 Å². The zero-order valence-corrected chi connectivity index (χ0v) is 17.6. The maximum Gasteiger partial charge on any atom is 0.225 e. The van der Waals surface area contributed by atoms with E-state index >= 15 is 0 Å². The van der Waals surface area contributed by atoms with Crippen LogP contribution in [-0.2, 0) is 4.79 Å². The number of carbonyl (C=O) groups excluding carboxylic acids is 1. The molecule has 0 bridgehead atoms. The topological polar surface area (TPSA) is 71.5 Å². The normalized spacial score (nSPS) is 17.3. The summed E-state index contributed by atoms with van der Waals surface area (Å²) in [6.07, 6.45) is 3.64. The lowest BCUT2D eigenvalue weighted by molar-refractivity contribution is -0.133. The van der Waals surface area contributed by atoms with E-state index in [-0.39, 0.29) is 16.8 Å². The molecule has 1 aromatic rings. The molecule has 0 spiro atoms. The first-order valence-corrected chi connectivity index (χ1v) is 10.2. The number of nitrogens with zero attached hydrogens (tertiary/aromatic N) is 2. The van der Waals surface area contributed by atoms with Crippen LogP contribution < -0.4 is 10.6 Å². The fraction of sp³-hybridized carbons (Fsp3) is 0.368. The maximum absolute atomic E-state index is 13.2. The molecule has 3 N–H and O–H groups in total. The molecule has 1 saturated carbocycles. The SMILES string of the molecule is C=C(NC=C(Br)C(=N)N1CCN(C(=O)C2CC2)CC1)Nc1ccc(F)c(Cl)c1. The van der Waals surface area contributed by atoms with Crippen LogP contribution in [0.15, 0.2) is 41.3 Å². The van der Waals surface area contributed by atoms with E-state index in [0.717, 1.165) is 12.8 Å². The van der Waals surface area contributed by atoms with Gasteiger partial charge in [0.2, 0.25) is 5.91 Å². The van der Waals surface area contributed by atoms with Gasteiger partial charge < -0.3 is 20.4 Å². The summed E-state index contributed by atoms with van der Waals surface area (Å²) in [5, 5.41) is 14.3. The van der Waals surface area contributed by atoms with Crippen molar-refractivity contribution in [1.29, 1.82) is 5.41 Å². The number of hydrogen-bond donors (Lipinski definition) is 3. The van der Waals surface area contributed by atoms with E-state index in [1.165, 1.54) is 12.1 Å². The average Bonchev–Trinajstić information content (AvgIpc) is 3.53. The van der Waals surface area contributed by atoms with Gasteiger partial charge in [-0.1, -0.05) is 18.2 Å². The first-order valence-electron chi connectivity index (χ1n) is 9.01. The van der Waals surface area contributed by atoms with Crippen LogP contribution in [0.25, 0.3) is 0 Å². The number of benzene rings is 1. The number of amidine groups is 1. The van der Waals surface area contributed by atoms with Gasteiger partial charge in [-0.25, -0.2) is 4.39 Å². The van der Waals surface area contributed by atoms with E-state index in [2.05, 4.69) is 33.1 Å². The van der Waals surface area contributed by atoms with E-state index in [1.807, 2.05) is 9.80 Å². The summed E-state index contributed by atoms with van der Waals surface area (Å²) in [7, 11) is 0. The molecule has 0 aromatic heterocycles. The third kappa shape index (κ3) is 5.26. The summed E-state index contributed by atoms with van der Waals surface area (Å²) in [6.45, 7) is 6.40. The van der Waals surface area contributed by atoms with Gasteiger partial charge in [0.15, 0.2) is 0 Å². The standard InChI is InChI=1S/C19H22BrClFN5O/c1-12(25-14-4-5-17(22)16(21)10-14)24-11-15(20)18(23)26-6-8-27(9-7-26)19(28)13-2-3-13/h4-5,10-11,13,23-25H,1-3,6-9H2. The molecule has 150 valence electrons. The Morgan fingerprint density at radius 2 is 1.93 bits per heavy atom. The number of anilines is 1. The highest BCUT2D eigenvalue weighted by molar-refractivity contribution is 9.12. The first kappa shape index (κ1) is 20.7. The van der Waals surface area contributed by atoms with E-state index in [4.69, 9.17) is 17.0 Å². The van der Waals surface area contributed by atoms with E-state index in [0.29, 0.717) is 48.0 Å². The monoisotopic (exact) mass is 469 g/mol. The van der Waals surface area contributed by atoms with Crippen molar-refractivity contribution in [1.82, 2.24) is 15.1 Å². The minimum absolute atomic E-state index is 0.0237. The van der Waals surface area contributed by atoms with Gasteiger partial charge in [0.25, 0.3) is 0 Å². The summed E-state index contributed by atoms with van der Waals surface area (Å²) >= 11 is 9.16. The Labute approximate surface area is 177 Å². The largest absolute Gasteiger partial charge is 0.353 e.